The Bertz CT molecular complexity index is 1340. The molecule has 1 aliphatic rings. The van der Waals surface area contributed by atoms with Gasteiger partial charge in [0.2, 0.25) is 11.0 Å². The molecule has 0 saturated carbocycles. The Morgan fingerprint density at radius 1 is 0.964 bits per heavy atom. The van der Waals surface area contributed by atoms with E-state index < -0.39 is 0 Å². The molecule has 136 valence electrons. The third kappa shape index (κ3) is 2.30. The Morgan fingerprint density at radius 2 is 1.82 bits per heavy atom. The number of rotatable bonds is 2. The van der Waals surface area contributed by atoms with Gasteiger partial charge in [0.25, 0.3) is 0 Å². The van der Waals surface area contributed by atoms with Crippen molar-refractivity contribution in [1.82, 2.24) is 14.9 Å². The molecule has 3 aromatic carbocycles. The van der Waals surface area contributed by atoms with E-state index in [-0.39, 0.29) is 11.1 Å². The topological polar surface area (TPSA) is 76.1 Å². The number of thioether (sulfide) groups is 1. The maximum Gasteiger partial charge on any atom is 0.219 e. The number of phenolic OH excluding ortho intramolecular Hbond substituents is 1. The van der Waals surface area contributed by atoms with E-state index in [2.05, 4.69) is 33.8 Å². The van der Waals surface area contributed by atoms with Crippen LogP contribution in [0.15, 0.2) is 76.3 Å². The van der Waals surface area contributed by atoms with Crippen LogP contribution in [0.3, 0.4) is 0 Å². The molecule has 0 saturated heterocycles. The number of phenols is 1. The molecule has 1 unspecified atom stereocenters. The lowest BCUT2D eigenvalue weighted by atomic mass is 10.1. The Hall–Kier alpha value is -3.45. The molecule has 0 amide bonds. The monoisotopic (exact) mass is 386 g/mol. The third-order valence-electron chi connectivity index (χ3n) is 4.95. The molecule has 28 heavy (non-hydrogen) atoms. The van der Waals surface area contributed by atoms with Gasteiger partial charge in [0, 0.05) is 5.39 Å². The third-order valence-corrected chi connectivity index (χ3v) is 6.03. The summed E-state index contributed by atoms with van der Waals surface area (Å²) < 4.78 is 7.96. The number of hydrogen-bond donors (Lipinski definition) is 2. The summed E-state index contributed by atoms with van der Waals surface area (Å²) in [5.74, 6) is 1.56. The number of nitrogens with zero attached hydrogens (tertiary/aromatic N) is 3. The van der Waals surface area contributed by atoms with Crippen LogP contribution in [0.2, 0.25) is 0 Å². The van der Waals surface area contributed by atoms with Crippen molar-refractivity contribution in [3.05, 3.63) is 72.3 Å². The summed E-state index contributed by atoms with van der Waals surface area (Å²) in [5, 5.41) is 22.3. The summed E-state index contributed by atoms with van der Waals surface area (Å²) >= 11 is 1.58. The van der Waals surface area contributed by atoms with E-state index in [1.54, 1.807) is 23.9 Å². The first-order valence-electron chi connectivity index (χ1n) is 8.85. The summed E-state index contributed by atoms with van der Waals surface area (Å²) in [5.41, 5.74) is 5.29. The number of aromatic nitrogens is 3. The highest BCUT2D eigenvalue weighted by molar-refractivity contribution is 7.99. The van der Waals surface area contributed by atoms with E-state index in [9.17, 15) is 5.11 Å². The number of nitrogens with one attached hydrogen (secondary N) is 1. The van der Waals surface area contributed by atoms with Gasteiger partial charge in [-0.25, -0.2) is 4.68 Å². The average molecular weight is 386 g/mol. The number of fused-ring (bicyclic) bond motifs is 4. The van der Waals surface area contributed by atoms with Gasteiger partial charge >= 0.3 is 0 Å². The molecular weight excluding hydrogens is 372 g/mol. The van der Waals surface area contributed by atoms with Crippen LogP contribution in [0.25, 0.3) is 33.3 Å². The molecule has 1 atom stereocenters. The zero-order chi connectivity index (χ0) is 18.7. The molecule has 1 aliphatic heterocycles. The van der Waals surface area contributed by atoms with Crippen LogP contribution in [-0.4, -0.2) is 20.0 Å². The highest BCUT2D eigenvalue weighted by atomic mass is 32.2. The van der Waals surface area contributed by atoms with Crippen molar-refractivity contribution in [3.8, 4) is 17.3 Å². The fraction of sp³-hybridized carbons (Fsp3) is 0.0476. The molecule has 0 aliphatic carbocycles. The molecule has 3 heterocycles. The number of benzene rings is 3. The Morgan fingerprint density at radius 3 is 2.71 bits per heavy atom. The van der Waals surface area contributed by atoms with Crippen LogP contribution in [0, 0.1) is 0 Å². The molecule has 0 radical (unpaired) electrons. The van der Waals surface area contributed by atoms with Crippen LogP contribution < -0.4 is 5.43 Å². The summed E-state index contributed by atoms with van der Waals surface area (Å²) in [6.45, 7) is 0. The van der Waals surface area contributed by atoms with E-state index in [4.69, 9.17) is 4.42 Å². The van der Waals surface area contributed by atoms with Gasteiger partial charge in [-0.05, 0) is 40.6 Å². The first kappa shape index (κ1) is 15.6. The van der Waals surface area contributed by atoms with Crippen molar-refractivity contribution in [2.45, 2.75) is 10.5 Å². The molecule has 6 nitrogen and oxygen atoms in total. The van der Waals surface area contributed by atoms with Gasteiger partial charge in [0.05, 0.1) is 0 Å². The van der Waals surface area contributed by atoms with Gasteiger partial charge in [0.15, 0.2) is 5.76 Å². The highest BCUT2D eigenvalue weighted by Gasteiger charge is 2.29. The van der Waals surface area contributed by atoms with E-state index >= 15 is 0 Å². The first-order chi connectivity index (χ1) is 13.8. The molecule has 5 aromatic rings. The Balaban J connectivity index is 1.41. The summed E-state index contributed by atoms with van der Waals surface area (Å²) in [7, 11) is 0. The van der Waals surface area contributed by atoms with E-state index in [1.807, 2.05) is 41.1 Å². The molecule has 7 heteroatoms. The molecule has 0 spiro atoms. The zero-order valence-corrected chi connectivity index (χ0v) is 15.4. The van der Waals surface area contributed by atoms with Crippen LogP contribution in [0.4, 0.5) is 0 Å². The minimum atomic E-state index is -0.00458. The number of hydrogen-bond acceptors (Lipinski definition) is 6. The van der Waals surface area contributed by atoms with Gasteiger partial charge in [-0.15, -0.1) is 10.2 Å². The molecule has 0 bridgehead atoms. The second-order valence-corrected chi connectivity index (χ2v) is 7.74. The van der Waals surface area contributed by atoms with E-state index in [0.29, 0.717) is 11.6 Å². The fourth-order valence-corrected chi connectivity index (χ4v) is 4.56. The quantitative estimate of drug-likeness (QED) is 0.449. The summed E-state index contributed by atoms with van der Waals surface area (Å²) in [6.07, 6.45) is 0. The van der Waals surface area contributed by atoms with Crippen molar-refractivity contribution in [3.63, 3.8) is 0 Å². The molecule has 2 aromatic heterocycles. The predicted molar refractivity (Wildman–Crippen MR) is 109 cm³/mol. The SMILES string of the molecule is Oc1ccc(C2Nn3c(nnc3-c3cc4c(ccc5ccccc54)o3)S2)cc1. The fourth-order valence-electron chi connectivity index (χ4n) is 3.57. The smallest absolute Gasteiger partial charge is 0.219 e. The molecule has 2 N–H and O–H groups in total. The average Bonchev–Trinajstić information content (AvgIpc) is 3.42. The van der Waals surface area contributed by atoms with Gasteiger partial charge < -0.3 is 14.9 Å². The van der Waals surface area contributed by atoms with Crippen molar-refractivity contribution in [1.29, 1.82) is 0 Å². The minimum absolute atomic E-state index is 0.00458. The molecule has 6 rings (SSSR count). The largest absolute Gasteiger partial charge is 0.508 e. The lowest BCUT2D eigenvalue weighted by Crippen LogP contribution is -2.13. The van der Waals surface area contributed by atoms with Gasteiger partial charge in [-0.1, -0.05) is 54.2 Å². The van der Waals surface area contributed by atoms with Crippen molar-refractivity contribution in [2.24, 2.45) is 0 Å². The highest BCUT2D eigenvalue weighted by Crippen LogP contribution is 2.41. The molecule has 0 fully saturated rings. The maximum absolute atomic E-state index is 9.50. The van der Waals surface area contributed by atoms with Gasteiger partial charge in [0.1, 0.15) is 16.7 Å². The lowest BCUT2D eigenvalue weighted by Gasteiger charge is -2.11. The standard InChI is InChI=1S/C21H14N4O2S/c26-14-8-5-13(6-9-14)20-24-25-19(22-23-21(25)28-20)18-11-16-15-4-2-1-3-12(15)7-10-17(16)27-18/h1-11,20,24,26H. The zero-order valence-electron chi connectivity index (χ0n) is 14.5. The van der Waals surface area contributed by atoms with Gasteiger partial charge in [-0.3, -0.25) is 0 Å². The second kappa shape index (κ2) is 5.77. The minimum Gasteiger partial charge on any atom is -0.508 e. The Labute approximate surface area is 163 Å². The van der Waals surface area contributed by atoms with Crippen molar-refractivity contribution >= 4 is 33.5 Å². The summed E-state index contributed by atoms with van der Waals surface area (Å²) in [4.78, 5) is 0. The van der Waals surface area contributed by atoms with Crippen molar-refractivity contribution in [2.75, 3.05) is 5.43 Å². The van der Waals surface area contributed by atoms with Crippen molar-refractivity contribution < 1.29 is 9.52 Å². The van der Waals surface area contributed by atoms with Crippen LogP contribution in [-0.2, 0) is 0 Å². The molecular formula is C21H14N4O2S. The Kier molecular flexibility index (Phi) is 3.21. The lowest BCUT2D eigenvalue weighted by molar-refractivity contribution is 0.475. The number of furan rings is 1. The predicted octanol–water partition coefficient (Wildman–Crippen LogP) is 4.90. The summed E-state index contributed by atoms with van der Waals surface area (Å²) in [6, 6.07) is 21.5. The van der Waals surface area contributed by atoms with E-state index in [0.717, 1.165) is 27.1 Å². The maximum atomic E-state index is 9.50. The van der Waals surface area contributed by atoms with Gasteiger partial charge in [-0.2, -0.15) is 0 Å². The first-order valence-corrected chi connectivity index (χ1v) is 9.73. The van der Waals surface area contributed by atoms with Crippen LogP contribution >= 0.6 is 11.8 Å². The normalized spacial score (nSPS) is 15.8. The number of aromatic hydroxyl groups is 1. The second-order valence-electron chi connectivity index (χ2n) is 6.67. The van der Waals surface area contributed by atoms with E-state index in [1.165, 1.54) is 5.39 Å². The van der Waals surface area contributed by atoms with Crippen LogP contribution in [0.1, 0.15) is 10.9 Å². The van der Waals surface area contributed by atoms with Crippen LogP contribution in [0.5, 0.6) is 5.75 Å².